The van der Waals surface area contributed by atoms with Crippen molar-refractivity contribution in [1.29, 1.82) is 0 Å². The molecule has 5 aromatic rings. The predicted molar refractivity (Wildman–Crippen MR) is 131 cm³/mol. The first-order chi connectivity index (χ1) is 17.1. The van der Waals surface area contributed by atoms with Gasteiger partial charge in [-0.1, -0.05) is 12.1 Å². The van der Waals surface area contributed by atoms with Crippen molar-refractivity contribution in [1.82, 2.24) is 15.0 Å². The SMILES string of the molecule is Fc1cccc(COc2ccc3nc(-c4cccnc4)nc(N4CCc5cc(F)ccc54)c3c2)c1. The zero-order chi connectivity index (χ0) is 23.8. The van der Waals surface area contributed by atoms with Gasteiger partial charge in [0.1, 0.15) is 29.8 Å². The molecule has 1 aliphatic heterocycles. The fourth-order valence-corrected chi connectivity index (χ4v) is 4.39. The van der Waals surface area contributed by atoms with Gasteiger partial charge in [0.15, 0.2) is 5.82 Å². The summed E-state index contributed by atoms with van der Waals surface area (Å²) in [6.07, 6.45) is 4.16. The van der Waals surface area contributed by atoms with E-state index in [9.17, 15) is 8.78 Å². The van der Waals surface area contributed by atoms with Crippen molar-refractivity contribution in [3.63, 3.8) is 0 Å². The Kier molecular flexibility index (Phi) is 5.29. The number of anilines is 2. The Balaban J connectivity index is 1.44. The van der Waals surface area contributed by atoms with Crippen LogP contribution in [0.5, 0.6) is 5.75 Å². The molecule has 0 bridgehead atoms. The van der Waals surface area contributed by atoms with Gasteiger partial charge in [0, 0.05) is 35.6 Å². The van der Waals surface area contributed by atoms with E-state index in [1.807, 2.05) is 36.4 Å². The molecule has 3 aromatic carbocycles. The van der Waals surface area contributed by atoms with Crippen LogP contribution < -0.4 is 9.64 Å². The minimum atomic E-state index is -0.299. The molecule has 7 heteroatoms. The second kappa shape index (κ2) is 8.76. The third-order valence-electron chi connectivity index (χ3n) is 6.05. The molecule has 0 N–H and O–H groups in total. The van der Waals surface area contributed by atoms with Gasteiger partial charge in [0.05, 0.1) is 5.52 Å². The number of nitrogens with zero attached hydrogens (tertiary/aromatic N) is 4. The van der Waals surface area contributed by atoms with Crippen molar-refractivity contribution >= 4 is 22.4 Å². The van der Waals surface area contributed by atoms with Gasteiger partial charge in [-0.25, -0.2) is 18.7 Å². The standard InChI is InChI=1S/C28H20F2N4O/c29-21-5-1-3-18(13-21)17-35-23-7-8-25-24(15-23)28(33-27(32-25)20-4-2-11-31-16-20)34-12-10-19-14-22(30)6-9-26(19)34/h1-9,11,13-16H,10,12,17H2. The third-order valence-corrected chi connectivity index (χ3v) is 6.05. The summed E-state index contributed by atoms with van der Waals surface area (Å²) in [5.74, 6) is 1.36. The van der Waals surface area contributed by atoms with Gasteiger partial charge in [-0.15, -0.1) is 0 Å². The molecule has 0 spiro atoms. The van der Waals surface area contributed by atoms with E-state index >= 15 is 0 Å². The van der Waals surface area contributed by atoms with Crippen LogP contribution in [0.3, 0.4) is 0 Å². The molecule has 0 saturated carbocycles. The van der Waals surface area contributed by atoms with Gasteiger partial charge < -0.3 is 9.64 Å². The molecule has 0 radical (unpaired) electrons. The van der Waals surface area contributed by atoms with E-state index in [0.29, 0.717) is 18.1 Å². The number of hydrogen-bond donors (Lipinski definition) is 0. The Morgan fingerprint density at radius 3 is 2.66 bits per heavy atom. The summed E-state index contributed by atoms with van der Waals surface area (Å²) in [7, 11) is 0. The summed E-state index contributed by atoms with van der Waals surface area (Å²) in [6.45, 7) is 0.908. The van der Waals surface area contributed by atoms with Gasteiger partial charge in [-0.2, -0.15) is 0 Å². The van der Waals surface area contributed by atoms with Crippen molar-refractivity contribution < 1.29 is 13.5 Å². The fraction of sp³-hybridized carbons (Fsp3) is 0.107. The number of hydrogen-bond acceptors (Lipinski definition) is 5. The van der Waals surface area contributed by atoms with E-state index < -0.39 is 0 Å². The minimum Gasteiger partial charge on any atom is -0.489 e. The molecular weight excluding hydrogens is 446 g/mol. The zero-order valence-electron chi connectivity index (χ0n) is 18.7. The number of ether oxygens (including phenoxy) is 1. The predicted octanol–water partition coefficient (Wildman–Crippen LogP) is 6.24. The average molecular weight is 466 g/mol. The monoisotopic (exact) mass is 466 g/mol. The average Bonchev–Trinajstić information content (AvgIpc) is 3.30. The first-order valence-electron chi connectivity index (χ1n) is 11.3. The summed E-state index contributed by atoms with van der Waals surface area (Å²) in [5, 5.41) is 0.812. The second-order valence-corrected chi connectivity index (χ2v) is 8.38. The van der Waals surface area contributed by atoms with Crippen LogP contribution in [0.2, 0.25) is 0 Å². The maximum Gasteiger partial charge on any atom is 0.163 e. The highest BCUT2D eigenvalue weighted by atomic mass is 19.1. The number of benzene rings is 3. The van der Waals surface area contributed by atoms with Crippen molar-refractivity contribution in [3.8, 4) is 17.1 Å². The summed E-state index contributed by atoms with van der Waals surface area (Å²) in [5.41, 5.74) is 4.17. The molecule has 5 nitrogen and oxygen atoms in total. The fourth-order valence-electron chi connectivity index (χ4n) is 4.39. The Labute approximate surface area is 200 Å². The van der Waals surface area contributed by atoms with Gasteiger partial charge in [0.2, 0.25) is 0 Å². The molecule has 3 heterocycles. The maximum absolute atomic E-state index is 13.8. The lowest BCUT2D eigenvalue weighted by Crippen LogP contribution is -2.16. The number of halogens is 2. The molecule has 0 aliphatic carbocycles. The van der Waals surface area contributed by atoms with Crippen LogP contribution in [-0.2, 0) is 13.0 Å². The lowest BCUT2D eigenvalue weighted by molar-refractivity contribution is 0.306. The first kappa shape index (κ1) is 21.2. The molecule has 6 rings (SSSR count). The molecule has 172 valence electrons. The zero-order valence-corrected chi connectivity index (χ0v) is 18.7. The van der Waals surface area contributed by atoms with Crippen LogP contribution in [-0.4, -0.2) is 21.5 Å². The van der Waals surface area contributed by atoms with Crippen LogP contribution >= 0.6 is 0 Å². The summed E-state index contributed by atoms with van der Waals surface area (Å²) in [6, 6.07) is 20.6. The van der Waals surface area contributed by atoms with Gasteiger partial charge in [-0.05, 0) is 78.2 Å². The van der Waals surface area contributed by atoms with E-state index in [4.69, 9.17) is 14.7 Å². The van der Waals surface area contributed by atoms with Gasteiger partial charge >= 0.3 is 0 Å². The molecule has 0 saturated heterocycles. The molecule has 1 aliphatic rings. The van der Waals surface area contributed by atoms with Crippen LogP contribution in [0.25, 0.3) is 22.3 Å². The summed E-state index contributed by atoms with van der Waals surface area (Å²) < 4.78 is 33.4. The third kappa shape index (κ3) is 4.17. The Morgan fingerprint density at radius 2 is 1.80 bits per heavy atom. The molecule has 0 unspecified atom stereocenters. The van der Waals surface area contributed by atoms with Crippen molar-refractivity contribution in [2.75, 3.05) is 11.4 Å². The van der Waals surface area contributed by atoms with Gasteiger partial charge in [-0.3, -0.25) is 4.98 Å². The highest BCUT2D eigenvalue weighted by molar-refractivity contribution is 5.94. The summed E-state index contributed by atoms with van der Waals surface area (Å²) in [4.78, 5) is 16.0. The van der Waals surface area contributed by atoms with Crippen LogP contribution in [0.1, 0.15) is 11.1 Å². The van der Waals surface area contributed by atoms with Crippen molar-refractivity contribution in [3.05, 3.63) is 108 Å². The van der Waals surface area contributed by atoms with E-state index in [1.54, 1.807) is 30.6 Å². The van der Waals surface area contributed by atoms with Crippen molar-refractivity contribution in [2.45, 2.75) is 13.0 Å². The first-order valence-corrected chi connectivity index (χ1v) is 11.3. The largest absolute Gasteiger partial charge is 0.489 e. The number of aromatic nitrogens is 3. The second-order valence-electron chi connectivity index (χ2n) is 8.38. The highest BCUT2D eigenvalue weighted by Crippen LogP contribution is 2.39. The quantitative estimate of drug-likeness (QED) is 0.307. The van der Waals surface area contributed by atoms with Gasteiger partial charge in [0.25, 0.3) is 0 Å². The van der Waals surface area contributed by atoms with E-state index in [0.717, 1.165) is 45.5 Å². The van der Waals surface area contributed by atoms with E-state index in [-0.39, 0.29) is 18.2 Å². The molecular formula is C28H20F2N4O. The highest BCUT2D eigenvalue weighted by Gasteiger charge is 2.25. The Bertz CT molecular complexity index is 1540. The van der Waals surface area contributed by atoms with Crippen molar-refractivity contribution in [2.24, 2.45) is 0 Å². The molecule has 0 atom stereocenters. The smallest absolute Gasteiger partial charge is 0.163 e. The topological polar surface area (TPSA) is 51.1 Å². The Hall–Kier alpha value is -4.39. The molecule has 2 aromatic heterocycles. The van der Waals surface area contributed by atoms with Crippen LogP contribution in [0.15, 0.2) is 85.2 Å². The lowest BCUT2D eigenvalue weighted by Gasteiger charge is -2.21. The Morgan fingerprint density at radius 1 is 0.886 bits per heavy atom. The molecule has 35 heavy (non-hydrogen) atoms. The number of fused-ring (bicyclic) bond motifs is 2. The summed E-state index contributed by atoms with van der Waals surface area (Å²) >= 11 is 0. The van der Waals surface area contributed by atoms with E-state index in [1.165, 1.54) is 18.2 Å². The maximum atomic E-state index is 13.8. The number of rotatable bonds is 5. The van der Waals surface area contributed by atoms with E-state index in [2.05, 4.69) is 9.88 Å². The molecule has 0 amide bonds. The van der Waals surface area contributed by atoms with Crippen LogP contribution in [0.4, 0.5) is 20.3 Å². The normalized spacial score (nSPS) is 12.7. The lowest BCUT2D eigenvalue weighted by atomic mass is 10.1. The minimum absolute atomic E-state index is 0.235. The number of pyridine rings is 1. The van der Waals surface area contributed by atoms with Crippen LogP contribution in [0, 0.1) is 11.6 Å². The molecule has 0 fully saturated rings.